The molecule has 2 aromatic rings. The first-order valence-corrected chi connectivity index (χ1v) is 13.1. The zero-order valence-corrected chi connectivity index (χ0v) is 22.2. The van der Waals surface area contributed by atoms with Gasteiger partial charge in [0.05, 0.1) is 12.3 Å². The molecule has 0 aromatic heterocycles. The number of nitrogens with zero attached hydrogens (tertiary/aromatic N) is 4. The largest absolute Gasteiger partial charge is 0.454 e. The SMILES string of the molecule is Cc1ccc(C)c(N2CCN(C(=O)c3ccc(CN4C(=O)C5C=C6OCOC6=CC5=NC4=S)cc3)CC2)c1. The van der Waals surface area contributed by atoms with Gasteiger partial charge < -0.3 is 19.3 Å². The molecule has 4 aliphatic rings. The maximum absolute atomic E-state index is 13.2. The standard InChI is InChI=1S/C29H28N4O4S/c1-18-3-4-19(2)24(13-18)31-9-11-32(12-10-31)27(34)21-7-5-20(6-8-21)16-33-28(35)22-14-25-26(37-17-36-25)15-23(22)30-29(33)38/h3-8,13-15,22H,9-12,16-17H2,1-2H3. The van der Waals surface area contributed by atoms with Crippen molar-refractivity contribution in [3.8, 4) is 0 Å². The van der Waals surface area contributed by atoms with E-state index in [-0.39, 0.29) is 30.3 Å². The fraction of sp³-hybridized carbons (Fsp3) is 0.310. The molecule has 38 heavy (non-hydrogen) atoms. The summed E-state index contributed by atoms with van der Waals surface area (Å²) < 4.78 is 10.8. The van der Waals surface area contributed by atoms with Crippen molar-refractivity contribution in [3.63, 3.8) is 0 Å². The van der Waals surface area contributed by atoms with Crippen molar-refractivity contribution >= 4 is 40.5 Å². The van der Waals surface area contributed by atoms with E-state index in [9.17, 15) is 9.59 Å². The van der Waals surface area contributed by atoms with Crippen LogP contribution >= 0.6 is 12.2 Å². The molecule has 0 spiro atoms. The number of fused-ring (bicyclic) bond motifs is 2. The first-order chi connectivity index (χ1) is 18.4. The lowest BCUT2D eigenvalue weighted by atomic mass is 9.93. The highest BCUT2D eigenvalue weighted by atomic mass is 32.1. The van der Waals surface area contributed by atoms with Crippen LogP contribution in [0.5, 0.6) is 0 Å². The highest BCUT2D eigenvalue weighted by molar-refractivity contribution is 7.80. The van der Waals surface area contributed by atoms with Gasteiger partial charge in [-0.25, -0.2) is 4.99 Å². The number of carbonyl (C=O) groups excluding carboxylic acids is 2. The molecule has 9 heteroatoms. The molecule has 2 amide bonds. The fourth-order valence-electron chi connectivity index (χ4n) is 5.21. The van der Waals surface area contributed by atoms with Crippen LogP contribution in [0, 0.1) is 19.8 Å². The fourth-order valence-corrected chi connectivity index (χ4v) is 5.47. The summed E-state index contributed by atoms with van der Waals surface area (Å²) in [5.74, 6) is 0.459. The number of carbonyl (C=O) groups is 2. The summed E-state index contributed by atoms with van der Waals surface area (Å²) in [6.07, 6.45) is 3.46. The van der Waals surface area contributed by atoms with Crippen LogP contribution in [-0.4, -0.2) is 65.4 Å². The molecular formula is C29H28N4O4S. The number of hydrogen-bond donors (Lipinski definition) is 0. The van der Waals surface area contributed by atoms with Crippen LogP contribution in [0.1, 0.15) is 27.0 Å². The predicted octanol–water partition coefficient (Wildman–Crippen LogP) is 3.74. The smallest absolute Gasteiger partial charge is 0.253 e. The van der Waals surface area contributed by atoms with Crippen LogP contribution in [0.15, 0.2) is 71.1 Å². The number of rotatable bonds is 4. The normalized spacial score (nSPS) is 20.6. The number of ether oxygens (including phenoxy) is 2. The Balaban J connectivity index is 1.09. The summed E-state index contributed by atoms with van der Waals surface area (Å²) >= 11 is 5.44. The highest BCUT2D eigenvalue weighted by Gasteiger charge is 2.38. The molecule has 1 unspecified atom stereocenters. The Bertz CT molecular complexity index is 1420. The zero-order valence-electron chi connectivity index (χ0n) is 21.3. The Hall–Kier alpha value is -3.98. The molecule has 2 saturated heterocycles. The molecule has 3 aliphatic heterocycles. The summed E-state index contributed by atoms with van der Waals surface area (Å²) in [5.41, 5.74) is 5.81. The van der Waals surface area contributed by atoms with Crippen molar-refractivity contribution in [1.29, 1.82) is 0 Å². The van der Waals surface area contributed by atoms with E-state index in [1.807, 2.05) is 29.2 Å². The van der Waals surface area contributed by atoms with Crippen molar-refractivity contribution < 1.29 is 19.1 Å². The predicted molar refractivity (Wildman–Crippen MR) is 148 cm³/mol. The van der Waals surface area contributed by atoms with Crippen LogP contribution in [0.25, 0.3) is 0 Å². The number of aliphatic imine (C=N–C) groups is 1. The van der Waals surface area contributed by atoms with E-state index in [4.69, 9.17) is 21.7 Å². The van der Waals surface area contributed by atoms with Gasteiger partial charge in [-0.2, -0.15) is 0 Å². The van der Waals surface area contributed by atoms with Crippen molar-refractivity contribution in [3.05, 3.63) is 88.4 Å². The first kappa shape index (κ1) is 24.4. The van der Waals surface area contributed by atoms with E-state index in [1.54, 1.807) is 12.2 Å². The second-order valence-electron chi connectivity index (χ2n) is 9.93. The van der Waals surface area contributed by atoms with Crippen LogP contribution in [0.2, 0.25) is 0 Å². The summed E-state index contributed by atoms with van der Waals surface area (Å²) in [6, 6.07) is 13.9. The number of benzene rings is 2. The molecule has 2 fully saturated rings. The number of thiocarbonyl (C=S) groups is 1. The Morgan fingerprint density at radius 1 is 1.03 bits per heavy atom. The average molecular weight is 529 g/mol. The molecule has 3 heterocycles. The third-order valence-electron chi connectivity index (χ3n) is 7.39. The van der Waals surface area contributed by atoms with Gasteiger partial charge in [-0.3, -0.25) is 14.5 Å². The van der Waals surface area contributed by atoms with Gasteiger partial charge in [0.1, 0.15) is 5.92 Å². The first-order valence-electron chi connectivity index (χ1n) is 12.7. The lowest BCUT2D eigenvalue weighted by molar-refractivity contribution is -0.129. The minimum absolute atomic E-state index is 0.0196. The third-order valence-corrected chi connectivity index (χ3v) is 7.70. The lowest BCUT2D eigenvalue weighted by Crippen LogP contribution is -2.49. The van der Waals surface area contributed by atoms with Crippen LogP contribution in [0.4, 0.5) is 5.69 Å². The van der Waals surface area contributed by atoms with Crippen LogP contribution in [0.3, 0.4) is 0 Å². The van der Waals surface area contributed by atoms with Crippen LogP contribution in [-0.2, 0) is 20.8 Å². The molecule has 0 bridgehead atoms. The summed E-state index contributed by atoms with van der Waals surface area (Å²) in [5, 5.41) is 0.218. The zero-order chi connectivity index (χ0) is 26.4. The Kier molecular flexibility index (Phi) is 6.23. The van der Waals surface area contributed by atoms with Gasteiger partial charge in [-0.05, 0) is 67.0 Å². The van der Waals surface area contributed by atoms with E-state index >= 15 is 0 Å². The molecule has 194 valence electrons. The molecule has 2 aromatic carbocycles. The molecule has 6 rings (SSSR count). The molecule has 1 atom stereocenters. The van der Waals surface area contributed by atoms with Crippen molar-refractivity contribution in [2.24, 2.45) is 10.9 Å². The molecule has 8 nitrogen and oxygen atoms in total. The van der Waals surface area contributed by atoms with Crippen molar-refractivity contribution in [1.82, 2.24) is 9.80 Å². The van der Waals surface area contributed by atoms with Gasteiger partial charge in [-0.15, -0.1) is 0 Å². The average Bonchev–Trinajstić information content (AvgIpc) is 3.39. The number of amides is 2. The number of anilines is 1. The second kappa shape index (κ2) is 9.72. The monoisotopic (exact) mass is 528 g/mol. The number of allylic oxidation sites excluding steroid dienone is 1. The van der Waals surface area contributed by atoms with Crippen molar-refractivity contribution in [2.45, 2.75) is 20.4 Å². The quantitative estimate of drug-likeness (QED) is 0.563. The third kappa shape index (κ3) is 4.47. The lowest BCUT2D eigenvalue weighted by Gasteiger charge is -2.37. The summed E-state index contributed by atoms with van der Waals surface area (Å²) in [4.78, 5) is 36.7. The molecular weight excluding hydrogens is 500 g/mol. The molecule has 0 saturated carbocycles. The number of piperazine rings is 1. The Morgan fingerprint density at radius 2 is 1.76 bits per heavy atom. The van der Waals surface area contributed by atoms with Gasteiger partial charge in [-0.1, -0.05) is 24.3 Å². The minimum Gasteiger partial charge on any atom is -0.454 e. The topological polar surface area (TPSA) is 74.7 Å². The van der Waals surface area contributed by atoms with Gasteiger partial charge >= 0.3 is 0 Å². The Morgan fingerprint density at radius 3 is 2.53 bits per heavy atom. The van der Waals surface area contributed by atoms with E-state index in [0.29, 0.717) is 35.9 Å². The van der Waals surface area contributed by atoms with E-state index in [2.05, 4.69) is 41.9 Å². The molecule has 0 N–H and O–H groups in total. The molecule has 0 radical (unpaired) electrons. The number of aryl methyl sites for hydroxylation is 2. The van der Waals surface area contributed by atoms with E-state index in [0.717, 1.165) is 18.7 Å². The van der Waals surface area contributed by atoms with E-state index < -0.39 is 5.92 Å². The van der Waals surface area contributed by atoms with Crippen molar-refractivity contribution in [2.75, 3.05) is 37.9 Å². The van der Waals surface area contributed by atoms with Gasteiger partial charge in [0.15, 0.2) is 11.5 Å². The molecule has 1 aliphatic carbocycles. The maximum Gasteiger partial charge on any atom is 0.253 e. The Labute approximate surface area is 226 Å². The van der Waals surface area contributed by atoms with Gasteiger partial charge in [0.25, 0.3) is 5.91 Å². The van der Waals surface area contributed by atoms with Gasteiger partial charge in [0, 0.05) is 43.5 Å². The number of hydrogen-bond acceptors (Lipinski definition) is 6. The summed E-state index contributed by atoms with van der Waals surface area (Å²) in [7, 11) is 0. The second-order valence-corrected chi connectivity index (χ2v) is 10.3. The van der Waals surface area contributed by atoms with Gasteiger partial charge in [0.2, 0.25) is 17.8 Å². The summed E-state index contributed by atoms with van der Waals surface area (Å²) in [6.45, 7) is 7.59. The maximum atomic E-state index is 13.2. The van der Waals surface area contributed by atoms with E-state index in [1.165, 1.54) is 21.7 Å². The van der Waals surface area contributed by atoms with Crippen LogP contribution < -0.4 is 4.90 Å². The minimum atomic E-state index is -0.551. The highest BCUT2D eigenvalue weighted by Crippen LogP contribution is 2.31.